The fourth-order valence-electron chi connectivity index (χ4n) is 4.78. The van der Waals surface area contributed by atoms with Crippen LogP contribution < -0.4 is 26.0 Å². The van der Waals surface area contributed by atoms with E-state index in [9.17, 15) is 38.4 Å². The molecule has 19 heteroatoms. The second-order valence-electron chi connectivity index (χ2n) is 11.2. The van der Waals surface area contributed by atoms with E-state index in [2.05, 4.69) is 27.8 Å². The van der Waals surface area contributed by atoms with E-state index >= 15 is 0 Å². The molecule has 7 N–H and O–H groups in total. The van der Waals surface area contributed by atoms with Crippen LogP contribution in [0.2, 0.25) is 0 Å². The van der Waals surface area contributed by atoms with Gasteiger partial charge in [0.05, 0.1) is 37.3 Å². The number of carboxylic acid groups (broad SMARTS) is 1. The third-order valence-corrected chi connectivity index (χ3v) is 7.32. The molecule has 5 amide bonds. The van der Waals surface area contributed by atoms with E-state index in [4.69, 9.17) is 29.3 Å². The van der Waals surface area contributed by atoms with Crippen LogP contribution in [0.15, 0.2) is 47.0 Å². The van der Waals surface area contributed by atoms with Crippen LogP contribution in [0.1, 0.15) is 80.2 Å². The summed E-state index contributed by atoms with van der Waals surface area (Å²) in [6.07, 6.45) is 5.41. The molecular formula is C37H55N5O14. The summed E-state index contributed by atoms with van der Waals surface area (Å²) in [5.41, 5.74) is 0.913. The number of carbonyl (C=O) groups is 8. The molecule has 0 aliphatic rings. The van der Waals surface area contributed by atoms with Gasteiger partial charge in [-0.05, 0) is 44.0 Å². The lowest BCUT2D eigenvalue weighted by Gasteiger charge is -2.31. The second kappa shape index (κ2) is 31.4. The van der Waals surface area contributed by atoms with Gasteiger partial charge in [0.1, 0.15) is 24.1 Å². The Kier molecular flexibility index (Phi) is 29.3. The quantitative estimate of drug-likeness (QED) is 0.0344. The zero-order valence-corrected chi connectivity index (χ0v) is 32.6. The van der Waals surface area contributed by atoms with Gasteiger partial charge in [0.2, 0.25) is 18.7 Å². The van der Waals surface area contributed by atoms with Crippen molar-refractivity contribution in [1.82, 2.24) is 26.3 Å². The zero-order chi connectivity index (χ0) is 43.1. The number of allylic oxidation sites excluding steroid dienone is 1. The number of hydroxylamine groups is 2. The Bertz CT molecular complexity index is 1530. The van der Waals surface area contributed by atoms with Gasteiger partial charge in [-0.2, -0.15) is 0 Å². The van der Waals surface area contributed by atoms with Crippen molar-refractivity contribution in [2.75, 3.05) is 34.6 Å². The van der Waals surface area contributed by atoms with Crippen LogP contribution in [0, 0.1) is 5.92 Å². The van der Waals surface area contributed by atoms with Crippen molar-refractivity contribution in [2.45, 2.75) is 71.4 Å². The van der Waals surface area contributed by atoms with Gasteiger partial charge in [0, 0.05) is 31.9 Å². The summed E-state index contributed by atoms with van der Waals surface area (Å²) < 4.78 is 10.9. The average Bonchev–Trinajstić information content (AvgIpc) is 3.70. The number of hydrogen-bond acceptors (Lipinski definition) is 13. The fourth-order valence-corrected chi connectivity index (χ4v) is 4.78. The van der Waals surface area contributed by atoms with E-state index in [0.717, 1.165) is 38.5 Å². The maximum absolute atomic E-state index is 13.1. The summed E-state index contributed by atoms with van der Waals surface area (Å²) in [5.74, 6) is -3.68. The first-order valence-corrected chi connectivity index (χ1v) is 17.3. The number of aliphatic hydroxyl groups excluding tert-OH is 2. The minimum Gasteiger partial charge on any atom is -0.481 e. The van der Waals surface area contributed by atoms with Crippen LogP contribution >= 0.6 is 0 Å². The zero-order valence-electron chi connectivity index (χ0n) is 32.6. The third kappa shape index (κ3) is 19.4. The molecule has 0 fully saturated rings. The molecule has 312 valence electrons. The molecule has 0 saturated heterocycles. The number of aliphatic hydroxyl groups is 2. The minimum atomic E-state index is -1.30. The number of nitrogens with zero attached hydrogens (tertiary/aromatic N) is 1. The summed E-state index contributed by atoms with van der Waals surface area (Å²) in [6.45, 7) is 8.02. The maximum atomic E-state index is 13.1. The Morgan fingerprint density at radius 1 is 0.964 bits per heavy atom. The van der Waals surface area contributed by atoms with Gasteiger partial charge in [-0.3, -0.25) is 28.8 Å². The van der Waals surface area contributed by atoms with Crippen molar-refractivity contribution in [3.63, 3.8) is 0 Å². The van der Waals surface area contributed by atoms with E-state index in [0.29, 0.717) is 49.5 Å². The van der Waals surface area contributed by atoms with E-state index in [1.54, 1.807) is 6.92 Å². The van der Waals surface area contributed by atoms with E-state index in [-0.39, 0.29) is 41.8 Å². The van der Waals surface area contributed by atoms with Gasteiger partial charge in [0.25, 0.3) is 11.8 Å². The van der Waals surface area contributed by atoms with E-state index < -0.39 is 42.4 Å². The van der Waals surface area contributed by atoms with Gasteiger partial charge in [-0.1, -0.05) is 45.8 Å². The fraction of sp³-hybridized carbons (Fsp3) is 0.459. The summed E-state index contributed by atoms with van der Waals surface area (Å²) in [7, 11) is 3.35. The molecule has 0 spiro atoms. The van der Waals surface area contributed by atoms with Gasteiger partial charge >= 0.3 is 5.97 Å². The van der Waals surface area contributed by atoms with Gasteiger partial charge < -0.3 is 55.3 Å². The number of amides is 5. The molecule has 0 aliphatic heterocycles. The number of nitrogens with one attached hydrogen (secondary N) is 4. The van der Waals surface area contributed by atoms with Crippen molar-refractivity contribution in [3.05, 3.63) is 53.9 Å². The van der Waals surface area contributed by atoms with Crippen molar-refractivity contribution in [3.8, 4) is 17.1 Å². The monoisotopic (exact) mass is 793 g/mol. The topological polar surface area (TPSA) is 280 Å². The second-order valence-corrected chi connectivity index (χ2v) is 11.2. The van der Waals surface area contributed by atoms with Gasteiger partial charge in [0.15, 0.2) is 12.4 Å². The van der Waals surface area contributed by atoms with Crippen molar-refractivity contribution in [1.29, 1.82) is 0 Å². The lowest BCUT2D eigenvalue weighted by molar-refractivity contribution is -0.182. The molecular weight excluding hydrogens is 738 g/mol. The number of aldehydes is 2. The number of hydrogen-bond donors (Lipinski definition) is 7. The first kappa shape index (κ1) is 52.2. The van der Waals surface area contributed by atoms with Crippen LogP contribution in [-0.4, -0.2) is 116 Å². The number of aliphatic carboxylic acids is 1. The predicted molar refractivity (Wildman–Crippen MR) is 203 cm³/mol. The van der Waals surface area contributed by atoms with Crippen molar-refractivity contribution >= 4 is 49.1 Å². The molecule has 19 nitrogen and oxygen atoms in total. The Balaban J connectivity index is 0. The van der Waals surface area contributed by atoms with Crippen LogP contribution in [0.3, 0.4) is 0 Å². The summed E-state index contributed by atoms with van der Waals surface area (Å²) in [6, 6.07) is 5.41. The lowest BCUT2D eigenvalue weighted by atomic mass is 9.90. The highest BCUT2D eigenvalue weighted by molar-refractivity contribution is 5.99. The van der Waals surface area contributed by atoms with Crippen LogP contribution in [0.4, 0.5) is 0 Å². The van der Waals surface area contributed by atoms with Crippen molar-refractivity contribution in [2.24, 2.45) is 5.92 Å². The normalized spacial score (nSPS) is 11.3. The molecule has 3 atom stereocenters. The summed E-state index contributed by atoms with van der Waals surface area (Å²) in [4.78, 5) is 97.7. The number of carboxylic acids is 1. The predicted octanol–water partition coefficient (Wildman–Crippen LogP) is 1.58. The SMILES string of the molecule is C=C(C)NC=O.CCCCCC(C(=O)NCNC(=O)c1ccc(-c2ccc(C(=O)NC(C=O)CC=O)c(OCC(=O)O)c2)o1)C(CC)N(C=O)OC.CO.CO. The molecule has 3 unspecified atom stereocenters. The maximum Gasteiger partial charge on any atom is 0.341 e. The number of rotatable bonds is 24. The first-order chi connectivity index (χ1) is 26.9. The molecule has 1 aromatic carbocycles. The van der Waals surface area contributed by atoms with Crippen LogP contribution in [0.5, 0.6) is 5.75 Å². The first-order valence-electron chi connectivity index (χ1n) is 17.3. The minimum absolute atomic E-state index is 0.0944. The number of carbonyl (C=O) groups excluding carboxylic acids is 7. The van der Waals surface area contributed by atoms with Gasteiger partial charge in [-0.15, -0.1) is 0 Å². The Hall–Kier alpha value is -5.92. The average molecular weight is 794 g/mol. The van der Waals surface area contributed by atoms with Crippen molar-refractivity contribution < 1.29 is 67.7 Å². The standard InChI is InChI=1S/C31H40N4O11.C4H7NO.2CH4O/c1-4-6-7-8-22(24(5-2)35(19-38)44-3)29(41)32-18-33-31(43)26-12-11-25(46-26)20-9-10-23(27(15-20)45-17-28(39)40)30(42)34-21(16-37)13-14-36;1-4(2)5-3-6;2*1-2/h9-12,14-16,19,21-22,24H,4-8,13,17-18H2,1-3H3,(H,32,41)(H,33,43)(H,34,42)(H,39,40);3H,1H2,2H3,(H,5,6);2*2H,1H3. The summed E-state index contributed by atoms with van der Waals surface area (Å²) in [5, 5.41) is 34.1. The number of unbranched alkanes of at least 4 members (excludes halogenated alkanes) is 2. The largest absolute Gasteiger partial charge is 0.481 e. The number of ether oxygens (including phenoxy) is 1. The Morgan fingerprint density at radius 3 is 2.14 bits per heavy atom. The third-order valence-electron chi connectivity index (χ3n) is 7.32. The van der Waals surface area contributed by atoms with Crippen LogP contribution in [0.25, 0.3) is 11.3 Å². The van der Waals surface area contributed by atoms with E-state index in [1.807, 2.05) is 13.8 Å². The molecule has 0 radical (unpaired) electrons. The number of furan rings is 1. The lowest BCUT2D eigenvalue weighted by Crippen LogP contribution is -2.48. The molecule has 2 aromatic rings. The molecule has 1 heterocycles. The Morgan fingerprint density at radius 2 is 1.64 bits per heavy atom. The molecule has 1 aromatic heterocycles. The summed E-state index contributed by atoms with van der Waals surface area (Å²) >= 11 is 0. The van der Waals surface area contributed by atoms with E-state index in [1.165, 1.54) is 37.4 Å². The highest BCUT2D eigenvalue weighted by Gasteiger charge is 2.31. The highest BCUT2D eigenvalue weighted by atomic mass is 16.7. The molecule has 0 aliphatic carbocycles. The highest BCUT2D eigenvalue weighted by Crippen LogP contribution is 2.29. The number of benzene rings is 1. The Labute approximate surface area is 325 Å². The molecule has 0 saturated carbocycles. The smallest absolute Gasteiger partial charge is 0.341 e. The molecule has 56 heavy (non-hydrogen) atoms. The van der Waals surface area contributed by atoms with Crippen LogP contribution in [-0.2, 0) is 33.6 Å². The molecule has 0 bridgehead atoms. The van der Waals surface area contributed by atoms with Gasteiger partial charge in [-0.25, -0.2) is 9.86 Å². The molecule has 2 rings (SSSR count).